The number of β-lactam (4-membered cyclic amide) rings is 1. The van der Waals surface area contributed by atoms with Gasteiger partial charge in [-0.2, -0.15) is 0 Å². The number of oxime groups is 1. The van der Waals surface area contributed by atoms with Crippen molar-refractivity contribution in [3.8, 4) is 0 Å². The van der Waals surface area contributed by atoms with Gasteiger partial charge in [-0.25, -0.2) is 9.78 Å². The first-order valence-corrected chi connectivity index (χ1v) is 12.5. The molecule has 16 heteroatoms. The van der Waals surface area contributed by atoms with Crippen LogP contribution in [0, 0.1) is 0 Å². The van der Waals surface area contributed by atoms with Crippen LogP contribution in [0.5, 0.6) is 0 Å². The second-order valence-electron chi connectivity index (χ2n) is 6.87. The molecule has 0 unspecified atom stereocenters. The summed E-state index contributed by atoms with van der Waals surface area (Å²) < 4.78 is 5.05. The Morgan fingerprint density at radius 2 is 2.23 bits per heavy atom. The number of fused-ring (bicyclic) bond motifs is 1. The van der Waals surface area contributed by atoms with Crippen molar-refractivity contribution in [1.29, 1.82) is 0 Å². The third kappa shape index (κ3) is 5.85. The van der Waals surface area contributed by atoms with Crippen LogP contribution in [0.4, 0.5) is 5.13 Å². The molecule has 0 aromatic carbocycles. The first-order chi connectivity index (χ1) is 16.3. The van der Waals surface area contributed by atoms with Crippen molar-refractivity contribution in [2.45, 2.75) is 11.4 Å². The average Bonchev–Trinajstić information content (AvgIpc) is 3.50. The van der Waals surface area contributed by atoms with Gasteiger partial charge in [-0.1, -0.05) is 16.9 Å². The number of furan rings is 1. The van der Waals surface area contributed by atoms with Gasteiger partial charge < -0.3 is 25.4 Å². The maximum atomic E-state index is 12.8. The molecule has 0 bridgehead atoms. The molecule has 2 aromatic rings. The Hall–Kier alpha value is -1.66. The van der Waals surface area contributed by atoms with Crippen LogP contribution < -0.4 is 11.1 Å². The van der Waals surface area contributed by atoms with Gasteiger partial charge in [0.05, 0.1) is 6.26 Å². The van der Waals surface area contributed by atoms with E-state index in [1.54, 1.807) is 6.07 Å². The van der Waals surface area contributed by atoms with Crippen molar-refractivity contribution in [2.24, 2.45) is 5.16 Å². The van der Waals surface area contributed by atoms with Crippen molar-refractivity contribution in [3.05, 3.63) is 46.5 Å². The summed E-state index contributed by atoms with van der Waals surface area (Å²) in [4.78, 5) is 59.6. The number of hydrogen-bond acceptors (Lipinski definition) is 12. The van der Waals surface area contributed by atoms with Crippen LogP contribution >= 0.6 is 34.9 Å². The number of thiazole rings is 1. The van der Waals surface area contributed by atoms with Crippen LogP contribution in [0.2, 0.25) is 0 Å². The van der Waals surface area contributed by atoms with Gasteiger partial charge >= 0.3 is 57.4 Å². The zero-order valence-corrected chi connectivity index (χ0v) is 19.9. The molecule has 4 heterocycles. The quantitative estimate of drug-likeness (QED) is 0.174. The molecule has 4 rings (SSSR count). The van der Waals surface area contributed by atoms with E-state index >= 15 is 0 Å². The van der Waals surface area contributed by atoms with Gasteiger partial charge in [-0.05, 0) is 17.7 Å². The summed E-state index contributed by atoms with van der Waals surface area (Å²) in [6.45, 7) is 0. The van der Waals surface area contributed by atoms with E-state index in [1.807, 2.05) is 0 Å². The summed E-state index contributed by atoms with van der Waals surface area (Å²) >= 11 is 3.29. The number of nitrogen functional groups attached to an aromatic ring is 1. The number of carboxylic acids is 1. The number of anilines is 1. The normalized spacial score (nSPS) is 19.4. The van der Waals surface area contributed by atoms with E-state index in [-0.39, 0.29) is 96.0 Å². The van der Waals surface area contributed by atoms with Crippen molar-refractivity contribution in [1.82, 2.24) is 15.2 Å². The van der Waals surface area contributed by atoms with E-state index < -0.39 is 29.2 Å². The standard InChI is InChI=1S/C19H17N5O7S3.K.H/c1-30-23-11(9-7-34-19(20)21-9)14(25)22-12-15(26)24-13(17(27)28)8(5-32-16(12)24)6-33-18(29)10-3-2-4-31-10;;/h2-4,7,12,16H,5-6H2,1H3,(H2,20,21)(H,22,25)(H,27,28);;/b23-11-;;/t12-,16-;;/m1../s1. The molecule has 1 fully saturated rings. The number of carboxylic acid groups (broad SMARTS) is 1. The second kappa shape index (κ2) is 12.0. The van der Waals surface area contributed by atoms with Crippen molar-refractivity contribution >= 4 is 120 Å². The summed E-state index contributed by atoms with van der Waals surface area (Å²) in [6.07, 6.45) is 1.37. The fourth-order valence-electron chi connectivity index (χ4n) is 3.31. The van der Waals surface area contributed by atoms with Crippen LogP contribution in [-0.2, 0) is 19.2 Å². The number of aromatic nitrogens is 1. The molecule has 180 valence electrons. The fourth-order valence-corrected chi connectivity index (χ4v) is 6.14. The molecule has 0 saturated carbocycles. The Bertz CT molecular complexity index is 1210. The molecule has 2 aromatic heterocycles. The first-order valence-electron chi connectivity index (χ1n) is 9.55. The van der Waals surface area contributed by atoms with E-state index in [4.69, 9.17) is 15.0 Å². The monoisotopic (exact) mass is 563 g/mol. The Morgan fingerprint density at radius 1 is 1.46 bits per heavy atom. The Balaban J connectivity index is 0.00000342. The van der Waals surface area contributed by atoms with E-state index in [2.05, 4.69) is 15.5 Å². The number of carbonyl (C=O) groups is 4. The van der Waals surface area contributed by atoms with Crippen LogP contribution in [0.25, 0.3) is 0 Å². The minimum atomic E-state index is -1.29. The maximum absolute atomic E-state index is 12.8. The number of nitrogens with zero attached hydrogens (tertiary/aromatic N) is 3. The molecule has 12 nitrogen and oxygen atoms in total. The molecule has 35 heavy (non-hydrogen) atoms. The molecule has 0 aliphatic carbocycles. The van der Waals surface area contributed by atoms with Gasteiger partial charge in [-0.3, -0.25) is 19.3 Å². The van der Waals surface area contributed by atoms with Crippen LogP contribution in [-0.4, -0.2) is 125 Å². The third-order valence-electron chi connectivity index (χ3n) is 4.80. The molecule has 1 saturated heterocycles. The molecule has 2 aliphatic heterocycles. The van der Waals surface area contributed by atoms with Gasteiger partial charge in [0.25, 0.3) is 16.9 Å². The zero-order chi connectivity index (χ0) is 24.4. The number of aliphatic carboxylic acids is 1. The van der Waals surface area contributed by atoms with Crippen molar-refractivity contribution in [2.75, 3.05) is 24.3 Å². The molecule has 2 aliphatic rings. The first kappa shape index (κ1) is 27.9. The fraction of sp³-hybridized carbons (Fsp3) is 0.263. The average molecular weight is 564 g/mol. The number of nitrogens with one attached hydrogen (secondary N) is 1. The molecular weight excluding hydrogens is 546 g/mol. The van der Waals surface area contributed by atoms with Crippen molar-refractivity contribution < 1.29 is 33.5 Å². The molecule has 2 atom stereocenters. The number of carbonyl (C=O) groups excluding carboxylic acids is 3. The Labute approximate surface area is 253 Å². The molecule has 0 spiro atoms. The zero-order valence-electron chi connectivity index (χ0n) is 17.4. The van der Waals surface area contributed by atoms with E-state index in [0.717, 1.165) is 28.0 Å². The number of amides is 2. The Kier molecular flexibility index (Phi) is 9.61. The molecule has 2 amide bonds. The van der Waals surface area contributed by atoms with E-state index in [9.17, 15) is 24.3 Å². The summed E-state index contributed by atoms with van der Waals surface area (Å²) in [5, 5.41) is 16.8. The summed E-state index contributed by atoms with van der Waals surface area (Å²) in [5.41, 5.74) is 5.89. The SMILES string of the molecule is CO/N=C(\C(=O)N[C@@H]1C(=O)N2C(C(=O)O)=C(CSC(=O)c3ccco3)CS[C@H]12)c1csc(N)n1.[KH]. The van der Waals surface area contributed by atoms with E-state index in [1.165, 1.54) is 36.6 Å². The second-order valence-corrected chi connectivity index (χ2v) is 9.81. The topological polar surface area (TPSA) is 177 Å². The van der Waals surface area contributed by atoms with Gasteiger partial charge in [-0.15, -0.1) is 23.1 Å². The molecule has 0 radical (unpaired) electrons. The van der Waals surface area contributed by atoms with Crippen LogP contribution in [0.15, 0.2) is 44.6 Å². The van der Waals surface area contributed by atoms with Crippen LogP contribution in [0.3, 0.4) is 0 Å². The number of rotatable bonds is 8. The number of nitrogens with two attached hydrogens (primary N) is 1. The minimum absolute atomic E-state index is 0. The van der Waals surface area contributed by atoms with Crippen molar-refractivity contribution in [3.63, 3.8) is 0 Å². The summed E-state index contributed by atoms with van der Waals surface area (Å²) in [6, 6.07) is 2.13. The number of hydrogen-bond donors (Lipinski definition) is 3. The predicted molar refractivity (Wildman–Crippen MR) is 132 cm³/mol. The summed E-state index contributed by atoms with van der Waals surface area (Å²) in [5.74, 6) is -2.08. The summed E-state index contributed by atoms with van der Waals surface area (Å²) in [7, 11) is 1.26. The van der Waals surface area contributed by atoms with Crippen LogP contribution in [0.1, 0.15) is 16.2 Å². The number of thioether (sulfide) groups is 2. The van der Waals surface area contributed by atoms with Gasteiger partial charge in [0, 0.05) is 16.9 Å². The third-order valence-corrected chi connectivity index (χ3v) is 7.77. The van der Waals surface area contributed by atoms with E-state index in [0.29, 0.717) is 5.57 Å². The molecular formula is C19H18KN5O7S3. The van der Waals surface area contributed by atoms with Gasteiger partial charge in [0.2, 0.25) is 0 Å². The Morgan fingerprint density at radius 3 is 2.83 bits per heavy atom. The predicted octanol–water partition coefficient (Wildman–Crippen LogP) is 0.332. The molecule has 4 N–H and O–H groups in total. The van der Waals surface area contributed by atoms with Gasteiger partial charge in [0.1, 0.15) is 29.9 Å². The van der Waals surface area contributed by atoms with Gasteiger partial charge in [0.15, 0.2) is 16.6 Å².